The number of anilines is 1. The molecule has 168 valence electrons. The number of aryl methyl sites for hydroxylation is 2. The Kier molecular flexibility index (Phi) is 6.94. The van der Waals surface area contributed by atoms with E-state index in [1.807, 2.05) is 31.2 Å². The molecule has 1 aromatic heterocycles. The van der Waals surface area contributed by atoms with E-state index in [4.69, 9.17) is 16.0 Å². The molecule has 0 atom stereocenters. The first-order valence-electron chi connectivity index (χ1n) is 11.0. The first-order valence-corrected chi connectivity index (χ1v) is 11.4. The predicted molar refractivity (Wildman–Crippen MR) is 128 cm³/mol. The molecule has 6 nitrogen and oxygen atoms in total. The summed E-state index contributed by atoms with van der Waals surface area (Å²) in [4.78, 5) is 29.0. The highest BCUT2D eigenvalue weighted by Crippen LogP contribution is 2.22. The molecule has 1 N–H and O–H groups in total. The van der Waals surface area contributed by atoms with Gasteiger partial charge in [0.1, 0.15) is 5.58 Å². The van der Waals surface area contributed by atoms with Gasteiger partial charge < -0.3 is 9.73 Å². The molecular formula is C25H28ClN3O3. The van der Waals surface area contributed by atoms with Crippen molar-refractivity contribution in [3.05, 3.63) is 74.6 Å². The molecule has 2 heterocycles. The van der Waals surface area contributed by atoms with Crippen molar-refractivity contribution in [2.45, 2.75) is 26.8 Å². The number of fused-ring (bicyclic) bond motifs is 1. The van der Waals surface area contributed by atoms with Crippen LogP contribution < -0.4 is 10.9 Å². The number of halogens is 1. The Hall–Kier alpha value is -2.67. The van der Waals surface area contributed by atoms with Crippen molar-refractivity contribution in [2.75, 3.05) is 38.0 Å². The normalized spacial score (nSPS) is 15.2. The molecule has 1 aliphatic rings. The number of piperazine rings is 1. The van der Waals surface area contributed by atoms with Crippen molar-refractivity contribution in [1.82, 2.24) is 9.80 Å². The highest BCUT2D eigenvalue weighted by molar-refractivity contribution is 6.31. The summed E-state index contributed by atoms with van der Waals surface area (Å²) in [7, 11) is 0. The van der Waals surface area contributed by atoms with Gasteiger partial charge in [0.2, 0.25) is 5.91 Å². The van der Waals surface area contributed by atoms with Crippen LogP contribution >= 0.6 is 11.6 Å². The molecule has 1 saturated heterocycles. The van der Waals surface area contributed by atoms with E-state index in [1.54, 1.807) is 12.1 Å². The van der Waals surface area contributed by atoms with E-state index >= 15 is 0 Å². The highest BCUT2D eigenvalue weighted by atomic mass is 35.5. The fourth-order valence-electron chi connectivity index (χ4n) is 4.09. The molecule has 0 radical (unpaired) electrons. The number of hydrogen-bond donors (Lipinski definition) is 1. The van der Waals surface area contributed by atoms with Crippen molar-refractivity contribution in [3.8, 4) is 0 Å². The second kappa shape index (κ2) is 9.86. The molecule has 7 heteroatoms. The number of amides is 1. The van der Waals surface area contributed by atoms with Crippen molar-refractivity contribution in [1.29, 1.82) is 0 Å². The summed E-state index contributed by atoms with van der Waals surface area (Å²) in [5.41, 5.74) is 4.27. The maximum atomic E-state index is 12.5. The molecule has 0 aliphatic carbocycles. The summed E-state index contributed by atoms with van der Waals surface area (Å²) in [6, 6.07) is 13.1. The maximum Gasteiger partial charge on any atom is 0.336 e. The van der Waals surface area contributed by atoms with Crippen molar-refractivity contribution >= 4 is 34.2 Å². The lowest BCUT2D eigenvalue weighted by Gasteiger charge is -2.34. The van der Waals surface area contributed by atoms with Crippen LogP contribution in [0.2, 0.25) is 5.02 Å². The van der Waals surface area contributed by atoms with Gasteiger partial charge in [0, 0.05) is 54.9 Å². The van der Waals surface area contributed by atoms with Crippen LogP contribution in [0.15, 0.2) is 51.7 Å². The number of carbonyl (C=O) groups excluding carboxylic acids is 1. The molecule has 3 aromatic rings. The molecule has 1 fully saturated rings. The number of nitrogens with one attached hydrogen (secondary N) is 1. The van der Waals surface area contributed by atoms with Crippen LogP contribution in [-0.2, 0) is 17.8 Å². The Morgan fingerprint density at radius 2 is 1.81 bits per heavy atom. The third-order valence-corrected chi connectivity index (χ3v) is 6.24. The van der Waals surface area contributed by atoms with Crippen LogP contribution in [0.3, 0.4) is 0 Å². The van der Waals surface area contributed by atoms with Gasteiger partial charge in [-0.15, -0.1) is 0 Å². The van der Waals surface area contributed by atoms with E-state index in [0.29, 0.717) is 23.7 Å². The summed E-state index contributed by atoms with van der Waals surface area (Å²) < 4.78 is 5.38. The molecular weight excluding hydrogens is 426 g/mol. The van der Waals surface area contributed by atoms with E-state index in [2.05, 4.69) is 28.1 Å². The average Bonchev–Trinajstić information content (AvgIpc) is 2.77. The molecule has 0 spiro atoms. The molecule has 32 heavy (non-hydrogen) atoms. The lowest BCUT2D eigenvalue weighted by atomic mass is 10.0. The SMILES string of the molecule is CCc1ccc2oc(=O)cc(CN3CCN(CC(=O)Nc4cc(Cl)ccc4C)CC3)c2c1. The minimum atomic E-state index is -0.316. The van der Waals surface area contributed by atoms with E-state index in [9.17, 15) is 9.59 Å². The van der Waals surface area contributed by atoms with Gasteiger partial charge in [-0.2, -0.15) is 0 Å². The van der Waals surface area contributed by atoms with Crippen molar-refractivity contribution in [2.24, 2.45) is 0 Å². The first-order chi connectivity index (χ1) is 15.4. The minimum absolute atomic E-state index is 0.0393. The monoisotopic (exact) mass is 453 g/mol. The van der Waals surface area contributed by atoms with Crippen LogP contribution in [0.1, 0.15) is 23.6 Å². The third kappa shape index (κ3) is 5.38. The van der Waals surface area contributed by atoms with Crippen molar-refractivity contribution < 1.29 is 9.21 Å². The van der Waals surface area contributed by atoms with Gasteiger partial charge in [0.05, 0.1) is 6.54 Å². The molecule has 2 aromatic carbocycles. The zero-order valence-electron chi connectivity index (χ0n) is 18.5. The number of rotatable bonds is 6. The Labute approximate surface area is 192 Å². The molecule has 0 bridgehead atoms. The molecule has 0 saturated carbocycles. The van der Waals surface area contributed by atoms with Gasteiger partial charge in [-0.05, 0) is 54.3 Å². The zero-order valence-corrected chi connectivity index (χ0v) is 19.2. The van der Waals surface area contributed by atoms with Gasteiger partial charge in [-0.25, -0.2) is 4.79 Å². The van der Waals surface area contributed by atoms with Crippen LogP contribution in [0.5, 0.6) is 0 Å². The van der Waals surface area contributed by atoms with E-state index < -0.39 is 0 Å². The minimum Gasteiger partial charge on any atom is -0.423 e. The largest absolute Gasteiger partial charge is 0.423 e. The topological polar surface area (TPSA) is 65.8 Å². The number of hydrogen-bond acceptors (Lipinski definition) is 5. The molecule has 1 amide bonds. The fourth-order valence-corrected chi connectivity index (χ4v) is 4.27. The summed E-state index contributed by atoms with van der Waals surface area (Å²) in [6.45, 7) is 8.35. The van der Waals surface area contributed by atoms with E-state index in [0.717, 1.165) is 54.8 Å². The van der Waals surface area contributed by atoms with Crippen LogP contribution in [0, 0.1) is 6.92 Å². The summed E-state index contributed by atoms with van der Waals surface area (Å²) >= 11 is 6.05. The van der Waals surface area contributed by atoms with Crippen LogP contribution in [0.25, 0.3) is 11.0 Å². The quantitative estimate of drug-likeness (QED) is 0.570. The number of benzene rings is 2. The zero-order chi connectivity index (χ0) is 22.7. The fraction of sp³-hybridized carbons (Fsp3) is 0.360. The lowest BCUT2D eigenvalue weighted by molar-refractivity contribution is -0.117. The summed E-state index contributed by atoms with van der Waals surface area (Å²) in [5, 5.41) is 4.57. The van der Waals surface area contributed by atoms with Crippen molar-refractivity contribution in [3.63, 3.8) is 0 Å². The average molecular weight is 454 g/mol. The first kappa shape index (κ1) is 22.5. The van der Waals surface area contributed by atoms with Gasteiger partial charge in [0.15, 0.2) is 0 Å². The molecule has 1 aliphatic heterocycles. The highest BCUT2D eigenvalue weighted by Gasteiger charge is 2.20. The maximum absolute atomic E-state index is 12.5. The lowest BCUT2D eigenvalue weighted by Crippen LogP contribution is -2.48. The van der Waals surface area contributed by atoms with E-state index in [-0.39, 0.29) is 11.5 Å². The predicted octanol–water partition coefficient (Wildman–Crippen LogP) is 4.07. The number of nitrogens with zero attached hydrogens (tertiary/aromatic N) is 2. The summed E-state index contributed by atoms with van der Waals surface area (Å²) in [6.07, 6.45) is 0.934. The molecule has 4 rings (SSSR count). The van der Waals surface area contributed by atoms with Gasteiger partial charge in [0.25, 0.3) is 0 Å². The number of carbonyl (C=O) groups is 1. The van der Waals surface area contributed by atoms with E-state index in [1.165, 1.54) is 5.56 Å². The summed E-state index contributed by atoms with van der Waals surface area (Å²) in [5.74, 6) is -0.0393. The Bertz CT molecular complexity index is 1180. The second-order valence-corrected chi connectivity index (χ2v) is 8.77. The van der Waals surface area contributed by atoms with Crippen LogP contribution in [-0.4, -0.2) is 48.4 Å². The Morgan fingerprint density at radius 1 is 1.06 bits per heavy atom. The van der Waals surface area contributed by atoms with Gasteiger partial charge in [-0.1, -0.05) is 30.7 Å². The smallest absolute Gasteiger partial charge is 0.336 e. The second-order valence-electron chi connectivity index (χ2n) is 8.33. The Balaban J connectivity index is 1.36. The Morgan fingerprint density at radius 3 is 2.56 bits per heavy atom. The standard InChI is InChI=1S/C25H28ClN3O3/c1-3-18-5-7-23-21(12-18)19(13-25(31)32-23)15-28-8-10-29(11-9-28)16-24(30)27-22-14-20(26)6-4-17(22)2/h4-7,12-14H,3,8-11,15-16H2,1-2H3,(H,27,30). The van der Waals surface area contributed by atoms with Gasteiger partial charge >= 0.3 is 5.63 Å². The molecule has 0 unspecified atom stereocenters. The van der Waals surface area contributed by atoms with Crippen LogP contribution in [0.4, 0.5) is 5.69 Å². The third-order valence-electron chi connectivity index (χ3n) is 6.00. The van der Waals surface area contributed by atoms with Gasteiger partial charge in [-0.3, -0.25) is 14.6 Å².